The zero-order valence-electron chi connectivity index (χ0n) is 14.7. The van der Waals surface area contributed by atoms with Gasteiger partial charge in [0.1, 0.15) is 0 Å². The summed E-state index contributed by atoms with van der Waals surface area (Å²) < 4.78 is 5.69. The van der Waals surface area contributed by atoms with E-state index in [9.17, 15) is 5.11 Å². The van der Waals surface area contributed by atoms with Gasteiger partial charge in [-0.3, -0.25) is 0 Å². The Labute approximate surface area is 140 Å². The Bertz CT molecular complexity index is 560. The number of ether oxygens (including phenoxy) is 1. The molecule has 2 heteroatoms. The van der Waals surface area contributed by atoms with Crippen molar-refractivity contribution in [1.29, 1.82) is 0 Å². The van der Waals surface area contributed by atoms with Gasteiger partial charge in [0, 0.05) is 13.0 Å². The molecule has 0 saturated heterocycles. The van der Waals surface area contributed by atoms with Gasteiger partial charge in [-0.25, -0.2) is 0 Å². The minimum atomic E-state index is -0.382. The summed E-state index contributed by atoms with van der Waals surface area (Å²) >= 11 is 0. The predicted molar refractivity (Wildman–Crippen MR) is 94.0 cm³/mol. The summed E-state index contributed by atoms with van der Waals surface area (Å²) in [5, 5.41) is 10.4. The second-order valence-electron chi connectivity index (χ2n) is 8.08. The maximum absolute atomic E-state index is 10.4. The van der Waals surface area contributed by atoms with Gasteiger partial charge in [0.2, 0.25) is 0 Å². The van der Waals surface area contributed by atoms with Crippen LogP contribution in [0.4, 0.5) is 0 Å². The number of aliphatic hydroxyl groups is 1. The number of fused-ring (bicyclic) bond motifs is 2. The van der Waals surface area contributed by atoms with Crippen LogP contribution in [0.15, 0.2) is 42.0 Å². The van der Waals surface area contributed by atoms with Crippen molar-refractivity contribution in [2.75, 3.05) is 6.61 Å². The second-order valence-corrected chi connectivity index (χ2v) is 8.08. The summed E-state index contributed by atoms with van der Waals surface area (Å²) in [6.45, 7) is 8.42. The first kappa shape index (κ1) is 16.7. The molecular formula is C21H30O2. The number of allylic oxidation sites excluding steroid dienone is 1. The lowest BCUT2D eigenvalue weighted by Gasteiger charge is -2.36. The van der Waals surface area contributed by atoms with Crippen molar-refractivity contribution in [3.63, 3.8) is 0 Å². The summed E-state index contributed by atoms with van der Waals surface area (Å²) in [4.78, 5) is 0. The average molecular weight is 314 g/mol. The van der Waals surface area contributed by atoms with Gasteiger partial charge in [0.05, 0.1) is 12.7 Å². The Morgan fingerprint density at radius 2 is 2.00 bits per heavy atom. The van der Waals surface area contributed by atoms with Gasteiger partial charge in [-0.15, -0.1) is 0 Å². The fourth-order valence-corrected chi connectivity index (χ4v) is 4.55. The van der Waals surface area contributed by atoms with Crippen LogP contribution >= 0.6 is 0 Å². The molecule has 0 heterocycles. The first-order chi connectivity index (χ1) is 10.9. The molecule has 2 aliphatic rings. The minimum absolute atomic E-state index is 0.281. The third kappa shape index (κ3) is 3.12. The highest BCUT2D eigenvalue weighted by atomic mass is 16.5. The normalized spacial score (nSPS) is 31.7. The molecule has 0 radical (unpaired) electrons. The number of rotatable bonds is 6. The lowest BCUT2D eigenvalue weighted by atomic mass is 9.69. The highest BCUT2D eigenvalue weighted by Gasteiger charge is 2.58. The van der Waals surface area contributed by atoms with Crippen molar-refractivity contribution in [3.8, 4) is 0 Å². The van der Waals surface area contributed by atoms with E-state index in [4.69, 9.17) is 4.74 Å². The van der Waals surface area contributed by atoms with Crippen molar-refractivity contribution in [3.05, 3.63) is 47.5 Å². The van der Waals surface area contributed by atoms with Gasteiger partial charge in [-0.2, -0.15) is 0 Å². The molecule has 126 valence electrons. The SMILES string of the molecule is CC1(C)[C@@H]2CC[C@@]1(C)/C(=C/[C@H](O)CCOCc1ccccc1)C2. The van der Waals surface area contributed by atoms with Crippen LogP contribution in [0.1, 0.15) is 52.0 Å². The molecule has 1 N–H and O–H groups in total. The van der Waals surface area contributed by atoms with Crippen molar-refractivity contribution < 1.29 is 9.84 Å². The van der Waals surface area contributed by atoms with Gasteiger partial charge >= 0.3 is 0 Å². The van der Waals surface area contributed by atoms with Gasteiger partial charge in [-0.1, -0.05) is 62.8 Å². The molecule has 3 rings (SSSR count). The van der Waals surface area contributed by atoms with Crippen LogP contribution in [0.5, 0.6) is 0 Å². The predicted octanol–water partition coefficient (Wildman–Crippen LogP) is 4.73. The zero-order valence-corrected chi connectivity index (χ0v) is 14.7. The Hall–Kier alpha value is -1.12. The molecule has 0 spiro atoms. The molecule has 2 saturated carbocycles. The summed E-state index contributed by atoms with van der Waals surface area (Å²) in [7, 11) is 0. The topological polar surface area (TPSA) is 29.5 Å². The highest BCUT2D eigenvalue weighted by molar-refractivity contribution is 5.30. The number of aliphatic hydroxyl groups excluding tert-OH is 1. The summed E-state index contributed by atoms with van der Waals surface area (Å²) in [5.41, 5.74) is 3.32. The highest BCUT2D eigenvalue weighted by Crippen LogP contribution is 2.67. The molecule has 0 amide bonds. The summed E-state index contributed by atoms with van der Waals surface area (Å²) in [5.74, 6) is 0.792. The first-order valence-electron chi connectivity index (χ1n) is 8.94. The molecule has 1 aromatic carbocycles. The van der Waals surface area contributed by atoms with E-state index in [1.165, 1.54) is 30.4 Å². The zero-order chi connectivity index (χ0) is 16.5. The fourth-order valence-electron chi connectivity index (χ4n) is 4.55. The maximum Gasteiger partial charge on any atom is 0.0745 e. The summed E-state index contributed by atoms with van der Waals surface area (Å²) in [6.07, 6.45) is 6.22. The fraction of sp³-hybridized carbons (Fsp3) is 0.619. The van der Waals surface area contributed by atoms with Crippen LogP contribution in [-0.2, 0) is 11.3 Å². The molecule has 0 aliphatic heterocycles. The van der Waals surface area contributed by atoms with Crippen molar-refractivity contribution in [2.45, 2.75) is 59.2 Å². The Morgan fingerprint density at radius 1 is 1.26 bits per heavy atom. The third-order valence-electron chi connectivity index (χ3n) is 6.67. The van der Waals surface area contributed by atoms with Crippen LogP contribution in [0.25, 0.3) is 0 Å². The van der Waals surface area contributed by atoms with Crippen LogP contribution in [-0.4, -0.2) is 17.8 Å². The van der Waals surface area contributed by atoms with E-state index in [0.717, 1.165) is 5.92 Å². The van der Waals surface area contributed by atoms with E-state index in [-0.39, 0.29) is 11.5 Å². The monoisotopic (exact) mass is 314 g/mol. The largest absolute Gasteiger partial charge is 0.389 e. The minimum Gasteiger partial charge on any atom is -0.389 e. The average Bonchev–Trinajstić information content (AvgIpc) is 2.86. The Balaban J connectivity index is 1.49. The van der Waals surface area contributed by atoms with Gasteiger partial charge in [-0.05, 0) is 41.6 Å². The lowest BCUT2D eigenvalue weighted by Crippen LogP contribution is -2.28. The molecule has 2 aliphatic carbocycles. The molecule has 1 aromatic rings. The van der Waals surface area contributed by atoms with Crippen LogP contribution in [0.3, 0.4) is 0 Å². The number of benzene rings is 1. The van der Waals surface area contributed by atoms with E-state index >= 15 is 0 Å². The standard InChI is InChI=1S/C21H30O2/c1-20(2)17-9-11-21(20,3)18(13-17)14-19(22)10-12-23-15-16-7-5-4-6-8-16/h4-8,14,17,19,22H,9-13,15H2,1-3H3/b18-14+/t17-,19-,21+/m1/s1. The Kier molecular flexibility index (Phi) is 4.66. The third-order valence-corrected chi connectivity index (χ3v) is 6.67. The van der Waals surface area contributed by atoms with Crippen molar-refractivity contribution >= 4 is 0 Å². The molecular weight excluding hydrogens is 284 g/mol. The molecule has 23 heavy (non-hydrogen) atoms. The van der Waals surface area contributed by atoms with E-state index in [1.807, 2.05) is 18.2 Å². The van der Waals surface area contributed by atoms with Gasteiger partial charge in [0.25, 0.3) is 0 Å². The van der Waals surface area contributed by atoms with Crippen LogP contribution in [0.2, 0.25) is 0 Å². The molecule has 2 fully saturated rings. The lowest BCUT2D eigenvalue weighted by molar-refractivity contribution is 0.0874. The quantitative estimate of drug-likeness (QED) is 0.608. The van der Waals surface area contributed by atoms with Crippen LogP contribution in [0, 0.1) is 16.7 Å². The molecule has 0 aromatic heterocycles. The smallest absolute Gasteiger partial charge is 0.0745 e. The van der Waals surface area contributed by atoms with Gasteiger partial charge < -0.3 is 9.84 Å². The molecule has 3 atom stereocenters. The van der Waals surface area contributed by atoms with E-state index in [2.05, 4.69) is 39.0 Å². The van der Waals surface area contributed by atoms with Gasteiger partial charge in [0.15, 0.2) is 0 Å². The van der Waals surface area contributed by atoms with E-state index in [0.29, 0.717) is 25.0 Å². The van der Waals surface area contributed by atoms with E-state index in [1.54, 1.807) is 0 Å². The maximum atomic E-state index is 10.4. The van der Waals surface area contributed by atoms with E-state index < -0.39 is 0 Å². The number of hydrogen-bond donors (Lipinski definition) is 1. The van der Waals surface area contributed by atoms with Crippen molar-refractivity contribution in [1.82, 2.24) is 0 Å². The number of hydrogen-bond acceptors (Lipinski definition) is 2. The molecule has 2 nitrogen and oxygen atoms in total. The second kappa shape index (κ2) is 6.41. The molecule has 2 bridgehead atoms. The Morgan fingerprint density at radius 3 is 2.61 bits per heavy atom. The van der Waals surface area contributed by atoms with Crippen molar-refractivity contribution in [2.24, 2.45) is 16.7 Å². The molecule has 0 unspecified atom stereocenters. The first-order valence-corrected chi connectivity index (χ1v) is 8.94. The summed E-state index contributed by atoms with van der Waals surface area (Å²) in [6, 6.07) is 10.2. The van der Waals surface area contributed by atoms with Crippen LogP contribution < -0.4 is 0 Å².